The Kier molecular flexibility index (Phi) is 6.45. The highest BCUT2D eigenvalue weighted by molar-refractivity contribution is 5.79. The lowest BCUT2D eigenvalue weighted by molar-refractivity contribution is -0.150. The quantitative estimate of drug-likeness (QED) is 0.761. The van der Waals surface area contributed by atoms with E-state index in [-0.39, 0.29) is 24.2 Å². The monoisotopic (exact) mass is 347 g/mol. The first-order valence-electron chi connectivity index (χ1n) is 9.41. The van der Waals surface area contributed by atoms with E-state index in [0.717, 1.165) is 24.0 Å². The second kappa shape index (κ2) is 8.79. The van der Waals surface area contributed by atoms with Crippen molar-refractivity contribution in [2.24, 2.45) is 0 Å². The van der Waals surface area contributed by atoms with Gasteiger partial charge in [0.15, 0.2) is 0 Å². The molecule has 1 heterocycles. The van der Waals surface area contributed by atoms with E-state index in [1.807, 2.05) is 43.0 Å². The van der Waals surface area contributed by atoms with Crippen LogP contribution in [0.5, 0.6) is 0 Å². The first kappa shape index (κ1) is 18.4. The molecule has 1 aliphatic heterocycles. The Morgan fingerprint density at radius 3 is 2.64 bits per heavy atom. The molecule has 3 rings (SSSR count). The molecule has 138 valence electrons. The molecule has 1 saturated carbocycles. The lowest BCUT2D eigenvalue weighted by Crippen LogP contribution is -2.54. The summed E-state index contributed by atoms with van der Waals surface area (Å²) in [6.45, 7) is 7.31. The third-order valence-electron chi connectivity index (χ3n) is 5.09. The smallest absolute Gasteiger partial charge is 0.227 e. The molecule has 2 aliphatic rings. The summed E-state index contributed by atoms with van der Waals surface area (Å²) in [5.74, 6) is 0.188. The van der Waals surface area contributed by atoms with E-state index in [9.17, 15) is 4.79 Å². The predicted octanol–water partition coefficient (Wildman–Crippen LogP) is 2.56. The number of ether oxygens (including phenoxy) is 3. The van der Waals surface area contributed by atoms with Gasteiger partial charge < -0.3 is 19.1 Å². The average molecular weight is 347 g/mol. The second-order valence-corrected chi connectivity index (χ2v) is 6.69. The molecule has 0 bridgehead atoms. The second-order valence-electron chi connectivity index (χ2n) is 6.69. The van der Waals surface area contributed by atoms with Crippen molar-refractivity contribution in [3.8, 4) is 0 Å². The Morgan fingerprint density at radius 1 is 1.16 bits per heavy atom. The van der Waals surface area contributed by atoms with Crippen molar-refractivity contribution in [3.63, 3.8) is 0 Å². The summed E-state index contributed by atoms with van der Waals surface area (Å²) < 4.78 is 17.1. The highest BCUT2D eigenvalue weighted by Crippen LogP contribution is 2.32. The number of amides is 1. The summed E-state index contributed by atoms with van der Waals surface area (Å²) in [5.41, 5.74) is 2.19. The summed E-state index contributed by atoms with van der Waals surface area (Å²) in [6, 6.07) is 8.31. The van der Waals surface area contributed by atoms with Gasteiger partial charge in [0.05, 0.1) is 31.8 Å². The fraction of sp³-hybridized carbons (Fsp3) is 0.650. The van der Waals surface area contributed by atoms with Crippen LogP contribution in [-0.2, 0) is 32.0 Å². The van der Waals surface area contributed by atoms with Crippen molar-refractivity contribution in [1.29, 1.82) is 0 Å². The SMILES string of the molecule is CCOCc1ccc(CC(=O)N2CCO[C@H]3[C@H](OCC)CC[C@@H]32)cc1. The molecule has 0 unspecified atom stereocenters. The van der Waals surface area contributed by atoms with E-state index in [4.69, 9.17) is 14.2 Å². The molecule has 1 amide bonds. The minimum Gasteiger partial charge on any atom is -0.377 e. The fourth-order valence-corrected chi connectivity index (χ4v) is 3.87. The first-order valence-corrected chi connectivity index (χ1v) is 9.41. The minimum absolute atomic E-state index is 0.0335. The minimum atomic E-state index is 0.0335. The zero-order chi connectivity index (χ0) is 17.6. The Balaban J connectivity index is 1.59. The summed E-state index contributed by atoms with van der Waals surface area (Å²) in [5, 5.41) is 0. The van der Waals surface area contributed by atoms with E-state index in [1.54, 1.807) is 0 Å². The normalized spacial score (nSPS) is 25.8. The lowest BCUT2D eigenvalue weighted by atomic mass is 10.1. The molecule has 1 aliphatic carbocycles. The largest absolute Gasteiger partial charge is 0.377 e. The van der Waals surface area contributed by atoms with Crippen LogP contribution in [-0.4, -0.2) is 55.4 Å². The Bertz CT molecular complexity index is 559. The molecule has 1 saturated heterocycles. The summed E-state index contributed by atoms with van der Waals surface area (Å²) in [4.78, 5) is 14.9. The number of carbonyl (C=O) groups excluding carboxylic acids is 1. The third-order valence-corrected chi connectivity index (χ3v) is 5.09. The molecule has 5 nitrogen and oxygen atoms in total. The molecule has 2 fully saturated rings. The van der Waals surface area contributed by atoms with Crippen LogP contribution in [0.4, 0.5) is 0 Å². The average Bonchev–Trinajstić information content (AvgIpc) is 3.04. The number of hydrogen-bond donors (Lipinski definition) is 0. The zero-order valence-corrected chi connectivity index (χ0v) is 15.3. The van der Waals surface area contributed by atoms with Crippen LogP contribution < -0.4 is 0 Å². The van der Waals surface area contributed by atoms with Crippen LogP contribution in [0.15, 0.2) is 24.3 Å². The van der Waals surface area contributed by atoms with Gasteiger partial charge in [0.1, 0.15) is 6.10 Å². The number of rotatable bonds is 7. The number of nitrogens with zero attached hydrogens (tertiary/aromatic N) is 1. The molecule has 1 aromatic rings. The Labute approximate surface area is 150 Å². The molecule has 5 heteroatoms. The van der Waals surface area contributed by atoms with Crippen molar-refractivity contribution < 1.29 is 19.0 Å². The van der Waals surface area contributed by atoms with Gasteiger partial charge in [-0.25, -0.2) is 0 Å². The zero-order valence-electron chi connectivity index (χ0n) is 15.3. The van der Waals surface area contributed by atoms with Gasteiger partial charge in [-0.05, 0) is 37.8 Å². The van der Waals surface area contributed by atoms with Crippen molar-refractivity contribution in [2.45, 2.75) is 58.0 Å². The fourth-order valence-electron chi connectivity index (χ4n) is 3.87. The Hall–Kier alpha value is -1.43. The number of morpholine rings is 1. The maximum absolute atomic E-state index is 12.8. The molecule has 25 heavy (non-hydrogen) atoms. The molecule has 0 spiro atoms. The van der Waals surface area contributed by atoms with E-state index in [0.29, 0.717) is 39.4 Å². The summed E-state index contributed by atoms with van der Waals surface area (Å²) in [7, 11) is 0. The molecule has 1 aromatic carbocycles. The van der Waals surface area contributed by atoms with Crippen molar-refractivity contribution in [1.82, 2.24) is 4.90 Å². The number of benzene rings is 1. The van der Waals surface area contributed by atoms with Gasteiger partial charge in [-0.15, -0.1) is 0 Å². The van der Waals surface area contributed by atoms with Crippen LogP contribution in [0.2, 0.25) is 0 Å². The van der Waals surface area contributed by atoms with Gasteiger partial charge in [-0.2, -0.15) is 0 Å². The molecular formula is C20H29NO4. The van der Waals surface area contributed by atoms with Gasteiger partial charge in [0, 0.05) is 19.8 Å². The van der Waals surface area contributed by atoms with E-state index in [2.05, 4.69) is 0 Å². The standard InChI is InChI=1S/C20H29NO4/c1-3-23-14-16-7-5-15(6-8-16)13-19(22)21-11-12-25-20-17(21)9-10-18(20)24-4-2/h5-8,17-18,20H,3-4,9-14H2,1-2H3/t17-,18+,20+/m0/s1. The van der Waals surface area contributed by atoms with Gasteiger partial charge >= 0.3 is 0 Å². The van der Waals surface area contributed by atoms with Crippen LogP contribution in [0.3, 0.4) is 0 Å². The van der Waals surface area contributed by atoms with Gasteiger partial charge in [0.25, 0.3) is 0 Å². The maximum atomic E-state index is 12.8. The maximum Gasteiger partial charge on any atom is 0.227 e. The number of carbonyl (C=O) groups is 1. The third kappa shape index (κ3) is 4.40. The lowest BCUT2D eigenvalue weighted by Gasteiger charge is -2.39. The summed E-state index contributed by atoms with van der Waals surface area (Å²) in [6.07, 6.45) is 2.54. The van der Waals surface area contributed by atoms with Crippen molar-refractivity contribution in [2.75, 3.05) is 26.4 Å². The number of hydrogen-bond acceptors (Lipinski definition) is 4. The molecular weight excluding hydrogens is 318 g/mol. The van der Waals surface area contributed by atoms with Gasteiger partial charge in [-0.3, -0.25) is 4.79 Å². The van der Waals surface area contributed by atoms with Crippen LogP contribution in [0, 0.1) is 0 Å². The number of fused-ring (bicyclic) bond motifs is 1. The summed E-state index contributed by atoms with van der Waals surface area (Å²) >= 11 is 0. The van der Waals surface area contributed by atoms with Gasteiger partial charge in [0.2, 0.25) is 5.91 Å². The van der Waals surface area contributed by atoms with Crippen molar-refractivity contribution in [3.05, 3.63) is 35.4 Å². The molecule has 3 atom stereocenters. The van der Waals surface area contributed by atoms with Crippen molar-refractivity contribution >= 4 is 5.91 Å². The Morgan fingerprint density at radius 2 is 1.92 bits per heavy atom. The molecule has 0 aromatic heterocycles. The first-order chi connectivity index (χ1) is 12.2. The van der Waals surface area contributed by atoms with E-state index in [1.165, 1.54) is 0 Å². The van der Waals surface area contributed by atoms with E-state index < -0.39 is 0 Å². The van der Waals surface area contributed by atoms with Crippen LogP contribution in [0.25, 0.3) is 0 Å². The van der Waals surface area contributed by atoms with Crippen LogP contribution in [0.1, 0.15) is 37.8 Å². The highest BCUT2D eigenvalue weighted by atomic mass is 16.5. The van der Waals surface area contributed by atoms with Crippen LogP contribution >= 0.6 is 0 Å². The van der Waals surface area contributed by atoms with Gasteiger partial charge in [-0.1, -0.05) is 24.3 Å². The highest BCUT2D eigenvalue weighted by Gasteiger charge is 2.44. The molecule has 0 N–H and O–H groups in total. The molecule has 0 radical (unpaired) electrons. The van der Waals surface area contributed by atoms with E-state index >= 15 is 0 Å². The topological polar surface area (TPSA) is 48.0 Å². The predicted molar refractivity (Wildman–Crippen MR) is 95.4 cm³/mol.